The molecule has 1 fully saturated rings. The topological polar surface area (TPSA) is 71.5 Å². The lowest BCUT2D eigenvalue weighted by Gasteiger charge is -2.35. The number of pyridine rings is 1. The van der Waals surface area contributed by atoms with Crippen LogP contribution in [0.3, 0.4) is 0 Å². The molecule has 1 aliphatic carbocycles. The van der Waals surface area contributed by atoms with Crippen molar-refractivity contribution in [2.45, 2.75) is 71.9 Å². The molecule has 0 bridgehead atoms. The number of aromatic nitrogens is 1. The van der Waals surface area contributed by atoms with Crippen molar-refractivity contribution in [3.05, 3.63) is 84.0 Å². The first kappa shape index (κ1) is 28.8. The number of carbonyl (C=O) groups is 2. The van der Waals surface area contributed by atoms with Gasteiger partial charge in [-0.2, -0.15) is 0 Å². The summed E-state index contributed by atoms with van der Waals surface area (Å²) in [7, 11) is 0. The number of amides is 2. The Bertz CT molecular complexity index is 1030. The molecule has 0 aromatic carbocycles. The summed E-state index contributed by atoms with van der Waals surface area (Å²) in [4.78, 5) is 32.8. The fraction of sp³-hybridized carbons (Fsp3) is 0.414. The second-order valence-corrected chi connectivity index (χ2v) is 9.19. The molecule has 1 heterocycles. The van der Waals surface area contributed by atoms with Crippen LogP contribution < -0.4 is 10.1 Å². The molecule has 0 radical (unpaired) electrons. The van der Waals surface area contributed by atoms with E-state index in [-0.39, 0.29) is 17.8 Å². The highest BCUT2D eigenvalue weighted by atomic mass is 19.1. The largest absolute Gasteiger partial charge is 0.468 e. The van der Waals surface area contributed by atoms with Gasteiger partial charge in [0.2, 0.25) is 11.8 Å². The van der Waals surface area contributed by atoms with Crippen molar-refractivity contribution in [2.24, 2.45) is 0 Å². The van der Waals surface area contributed by atoms with Gasteiger partial charge in [-0.15, -0.1) is 0 Å². The molecule has 2 amide bonds. The highest BCUT2D eigenvalue weighted by molar-refractivity contribution is 5.93. The number of nitrogens with zero attached hydrogens (tertiary/aromatic N) is 2. The van der Waals surface area contributed by atoms with Crippen LogP contribution in [0.1, 0.15) is 59.8 Å². The van der Waals surface area contributed by atoms with Gasteiger partial charge in [-0.1, -0.05) is 55.7 Å². The summed E-state index contributed by atoms with van der Waals surface area (Å²) in [5.41, 5.74) is 2.71. The summed E-state index contributed by atoms with van der Waals surface area (Å²) in [6.45, 7) is 14.9. The minimum atomic E-state index is -0.964. The highest BCUT2D eigenvalue weighted by Crippen LogP contribution is 2.25. The van der Waals surface area contributed by atoms with Crippen LogP contribution >= 0.6 is 0 Å². The summed E-state index contributed by atoms with van der Waals surface area (Å²) < 4.78 is 18.8. The number of rotatable bonds is 11. The molecule has 1 atom stereocenters. The minimum absolute atomic E-state index is 0.0592. The second-order valence-electron chi connectivity index (χ2n) is 9.19. The van der Waals surface area contributed by atoms with Gasteiger partial charge in [-0.25, -0.2) is 9.37 Å². The van der Waals surface area contributed by atoms with Crippen molar-refractivity contribution >= 4 is 11.8 Å². The molecule has 0 saturated heterocycles. The maximum Gasteiger partial charge on any atom is 0.265 e. The van der Waals surface area contributed by atoms with E-state index in [1.807, 2.05) is 27.7 Å². The van der Waals surface area contributed by atoms with E-state index in [4.69, 9.17) is 4.74 Å². The van der Waals surface area contributed by atoms with Gasteiger partial charge < -0.3 is 10.1 Å². The van der Waals surface area contributed by atoms with Gasteiger partial charge in [0.1, 0.15) is 11.9 Å². The molecule has 6 nitrogen and oxygen atoms in total. The molecule has 1 aromatic heterocycles. The van der Waals surface area contributed by atoms with Crippen LogP contribution in [0.4, 0.5) is 4.39 Å². The van der Waals surface area contributed by atoms with E-state index in [0.29, 0.717) is 16.8 Å². The number of nitrogens with one attached hydrogen (secondary N) is 1. The predicted octanol–water partition coefficient (Wildman–Crippen LogP) is 5.80. The van der Waals surface area contributed by atoms with E-state index in [2.05, 4.69) is 23.5 Å². The smallest absolute Gasteiger partial charge is 0.265 e. The number of carbonyl (C=O) groups excluding carboxylic acids is 2. The summed E-state index contributed by atoms with van der Waals surface area (Å²) >= 11 is 0. The molecule has 194 valence electrons. The van der Waals surface area contributed by atoms with Gasteiger partial charge in [-0.05, 0) is 64.3 Å². The van der Waals surface area contributed by atoms with E-state index in [1.165, 1.54) is 17.0 Å². The maximum absolute atomic E-state index is 13.8. The Morgan fingerprint density at radius 3 is 2.47 bits per heavy atom. The minimum Gasteiger partial charge on any atom is -0.468 e. The second kappa shape index (κ2) is 14.2. The number of hydrogen-bond donors (Lipinski definition) is 1. The molecule has 7 heteroatoms. The van der Waals surface area contributed by atoms with E-state index in [1.54, 1.807) is 24.3 Å². The van der Waals surface area contributed by atoms with Crippen molar-refractivity contribution in [3.63, 3.8) is 0 Å². The van der Waals surface area contributed by atoms with Crippen LogP contribution in [0.25, 0.3) is 0 Å². The van der Waals surface area contributed by atoms with E-state index < -0.39 is 24.4 Å². The van der Waals surface area contributed by atoms with Crippen LogP contribution in [0.2, 0.25) is 0 Å². The third-order valence-electron chi connectivity index (χ3n) is 5.87. The van der Waals surface area contributed by atoms with Crippen molar-refractivity contribution < 1.29 is 18.7 Å². The lowest BCUT2D eigenvalue weighted by Crippen LogP contribution is -2.53. The Kier molecular flexibility index (Phi) is 11.3. The van der Waals surface area contributed by atoms with Crippen LogP contribution in [-0.4, -0.2) is 40.4 Å². The molecule has 1 unspecified atom stereocenters. The van der Waals surface area contributed by atoms with Crippen LogP contribution in [0.15, 0.2) is 78.2 Å². The molecule has 1 aromatic rings. The fourth-order valence-electron chi connectivity index (χ4n) is 4.22. The Labute approximate surface area is 214 Å². The van der Waals surface area contributed by atoms with E-state index >= 15 is 0 Å². The quantitative estimate of drug-likeness (QED) is 0.394. The van der Waals surface area contributed by atoms with Crippen molar-refractivity contribution in [3.8, 4) is 5.88 Å². The molecule has 36 heavy (non-hydrogen) atoms. The molecule has 1 aliphatic rings. The lowest BCUT2D eigenvalue weighted by atomic mass is 9.93. The first-order valence-electron chi connectivity index (χ1n) is 12.3. The zero-order valence-electron chi connectivity index (χ0n) is 21.9. The maximum atomic E-state index is 13.8. The van der Waals surface area contributed by atoms with Crippen LogP contribution in [0, 0.1) is 5.82 Å². The molecular weight excluding hydrogens is 457 g/mol. The normalized spacial score (nSPS) is 15.2. The highest BCUT2D eigenvalue weighted by Gasteiger charge is 2.35. The number of hydrogen-bond acceptors (Lipinski definition) is 4. The number of allylic oxidation sites excluding steroid dienone is 5. The van der Waals surface area contributed by atoms with Gasteiger partial charge >= 0.3 is 0 Å². The molecular formula is C29H38FN3O3. The monoisotopic (exact) mass is 495 g/mol. The SMILES string of the molecule is C=CC(=C(C)C)C(C(=O)NC1CCCCC1)N(C(=O)COc1ccc(F)cn1)C(C=CC)=CC(=C)C. The number of ether oxygens (including phenoxy) is 1. The van der Waals surface area contributed by atoms with Gasteiger partial charge in [0.25, 0.3) is 5.91 Å². The first-order valence-corrected chi connectivity index (χ1v) is 12.3. The zero-order chi connectivity index (χ0) is 26.7. The Balaban J connectivity index is 2.53. The van der Waals surface area contributed by atoms with Gasteiger partial charge in [0.05, 0.1) is 6.20 Å². The molecule has 1 saturated carbocycles. The standard InChI is InChI=1S/C29H38FN3O3/c1-7-12-24(17-20(3)4)33(27(34)19-36-26-16-15-22(30)18-31-26)28(25(8-2)21(5)6)29(35)32-23-13-10-9-11-14-23/h7-8,12,15-18,23,28H,2-3,9-11,13-14,19H2,1,4-6H3,(H,32,35). The molecule has 0 spiro atoms. The van der Waals surface area contributed by atoms with Crippen molar-refractivity contribution in [1.29, 1.82) is 0 Å². The van der Waals surface area contributed by atoms with Gasteiger partial charge in [-0.3, -0.25) is 14.5 Å². The molecule has 0 aliphatic heterocycles. The van der Waals surface area contributed by atoms with Gasteiger partial charge in [0, 0.05) is 17.8 Å². The van der Waals surface area contributed by atoms with E-state index in [9.17, 15) is 14.0 Å². The summed E-state index contributed by atoms with van der Waals surface area (Å²) in [6.07, 6.45) is 13.1. The summed E-state index contributed by atoms with van der Waals surface area (Å²) in [6, 6.07) is 1.65. The predicted molar refractivity (Wildman–Crippen MR) is 142 cm³/mol. The number of halogens is 1. The van der Waals surface area contributed by atoms with Gasteiger partial charge in [0.15, 0.2) is 6.61 Å². The third kappa shape index (κ3) is 8.33. The summed E-state index contributed by atoms with van der Waals surface area (Å²) in [5, 5.41) is 3.17. The Morgan fingerprint density at radius 2 is 1.94 bits per heavy atom. The zero-order valence-corrected chi connectivity index (χ0v) is 21.9. The van der Waals surface area contributed by atoms with E-state index in [0.717, 1.165) is 43.9 Å². The van der Waals surface area contributed by atoms with Crippen LogP contribution in [0.5, 0.6) is 5.88 Å². The van der Waals surface area contributed by atoms with Crippen molar-refractivity contribution in [2.75, 3.05) is 6.61 Å². The molecule has 1 N–H and O–H groups in total. The third-order valence-corrected chi connectivity index (χ3v) is 5.87. The lowest BCUT2D eigenvalue weighted by molar-refractivity contribution is -0.138. The fourth-order valence-corrected chi connectivity index (χ4v) is 4.22. The Morgan fingerprint density at radius 1 is 1.25 bits per heavy atom. The first-order chi connectivity index (χ1) is 17.2. The average Bonchev–Trinajstić information content (AvgIpc) is 2.83. The average molecular weight is 496 g/mol. The summed E-state index contributed by atoms with van der Waals surface area (Å²) in [5.74, 6) is -1.14. The van der Waals surface area contributed by atoms with Crippen LogP contribution in [-0.2, 0) is 9.59 Å². The Hall–Kier alpha value is -3.48. The van der Waals surface area contributed by atoms with Crippen molar-refractivity contribution in [1.82, 2.24) is 15.2 Å². The molecule has 2 rings (SSSR count).